The van der Waals surface area contributed by atoms with E-state index in [-0.39, 0.29) is 0 Å². The Hall–Kier alpha value is -0.0800. The maximum absolute atomic E-state index is 2.64. The molecule has 0 aromatic rings. The lowest BCUT2D eigenvalue weighted by atomic mass is 9.71. The summed E-state index contributed by atoms with van der Waals surface area (Å²) in [6.07, 6.45) is 7.02. The molecule has 2 heterocycles. The van der Waals surface area contributed by atoms with Gasteiger partial charge >= 0.3 is 0 Å². The highest BCUT2D eigenvalue weighted by Gasteiger charge is 2.36. The third kappa shape index (κ3) is 4.55. The van der Waals surface area contributed by atoms with Crippen LogP contribution in [0.3, 0.4) is 0 Å². The van der Waals surface area contributed by atoms with Crippen LogP contribution in [-0.2, 0) is 0 Å². The topological polar surface area (TPSA) is 6.48 Å². The van der Waals surface area contributed by atoms with Crippen LogP contribution < -0.4 is 0 Å². The van der Waals surface area contributed by atoms with Crippen LogP contribution in [0.5, 0.6) is 0 Å². The highest BCUT2D eigenvalue weighted by Crippen LogP contribution is 2.41. The largest absolute Gasteiger partial charge is 0.306 e. The van der Waals surface area contributed by atoms with Gasteiger partial charge in [-0.3, -0.25) is 0 Å². The van der Waals surface area contributed by atoms with Gasteiger partial charge in [0.2, 0.25) is 0 Å². The lowest BCUT2D eigenvalue weighted by Crippen LogP contribution is -2.47. The molecule has 18 heavy (non-hydrogen) atoms. The third-order valence-electron chi connectivity index (χ3n) is 4.64. The Kier molecular flexibility index (Phi) is 6.65. The van der Waals surface area contributed by atoms with Crippen molar-refractivity contribution >= 4 is 0 Å². The van der Waals surface area contributed by atoms with E-state index in [9.17, 15) is 0 Å². The summed E-state index contributed by atoms with van der Waals surface area (Å²) in [5.74, 6) is 0. The maximum Gasteiger partial charge on any atom is 0.00385 e. The van der Waals surface area contributed by atoms with Crippen molar-refractivity contribution in [2.45, 2.75) is 65.8 Å². The summed E-state index contributed by atoms with van der Waals surface area (Å²) in [7, 11) is 2.26. The van der Waals surface area contributed by atoms with Crippen molar-refractivity contribution in [3.8, 4) is 0 Å². The molecular formula is C16H34N2. The first-order valence-corrected chi connectivity index (χ1v) is 7.95. The van der Waals surface area contributed by atoms with Crippen molar-refractivity contribution in [3.05, 3.63) is 0 Å². The second-order valence-electron chi connectivity index (χ2n) is 6.64. The van der Waals surface area contributed by atoms with Gasteiger partial charge in [0, 0.05) is 6.04 Å². The zero-order valence-corrected chi connectivity index (χ0v) is 13.3. The highest BCUT2D eigenvalue weighted by atomic mass is 15.2. The summed E-state index contributed by atoms with van der Waals surface area (Å²) in [6.45, 7) is 14.2. The van der Waals surface area contributed by atoms with E-state index in [1.54, 1.807) is 0 Å². The molecule has 2 aliphatic heterocycles. The first kappa shape index (κ1) is 16.0. The molecule has 2 heteroatoms. The first-order valence-electron chi connectivity index (χ1n) is 7.95. The van der Waals surface area contributed by atoms with Crippen LogP contribution in [-0.4, -0.2) is 49.1 Å². The highest BCUT2D eigenvalue weighted by molar-refractivity contribution is 4.90. The normalized spacial score (nSPS) is 25.0. The fourth-order valence-corrected chi connectivity index (χ4v) is 3.11. The zero-order chi connectivity index (χ0) is 13.6. The Morgan fingerprint density at radius 2 is 1.28 bits per heavy atom. The minimum Gasteiger partial charge on any atom is -0.306 e. The molecule has 0 unspecified atom stereocenters. The molecule has 2 rings (SSSR count). The van der Waals surface area contributed by atoms with Crippen LogP contribution in [0, 0.1) is 5.41 Å². The van der Waals surface area contributed by atoms with E-state index in [1.165, 1.54) is 58.3 Å². The average Bonchev–Trinajstić information content (AvgIpc) is 2.35. The van der Waals surface area contributed by atoms with Crippen LogP contribution in [0.15, 0.2) is 0 Å². The molecule has 0 radical (unpaired) electrons. The van der Waals surface area contributed by atoms with Crippen molar-refractivity contribution in [3.63, 3.8) is 0 Å². The summed E-state index contributed by atoms with van der Waals surface area (Å²) < 4.78 is 0. The van der Waals surface area contributed by atoms with Gasteiger partial charge < -0.3 is 9.80 Å². The number of likely N-dealkylation sites (tertiary alicyclic amines) is 2. The van der Waals surface area contributed by atoms with Gasteiger partial charge in [-0.05, 0) is 78.2 Å². The summed E-state index contributed by atoms with van der Waals surface area (Å²) >= 11 is 0. The Bertz CT molecular complexity index is 207. The second kappa shape index (κ2) is 7.49. The van der Waals surface area contributed by atoms with Gasteiger partial charge in [0.05, 0.1) is 0 Å². The fourth-order valence-electron chi connectivity index (χ4n) is 3.11. The molecule has 2 saturated heterocycles. The first-order chi connectivity index (χ1) is 8.53. The Morgan fingerprint density at radius 3 is 1.67 bits per heavy atom. The van der Waals surface area contributed by atoms with Crippen LogP contribution in [0.2, 0.25) is 0 Å². The van der Waals surface area contributed by atoms with E-state index >= 15 is 0 Å². The lowest BCUT2D eigenvalue weighted by molar-refractivity contribution is 0.0319. The molecule has 0 N–H and O–H groups in total. The Labute approximate surface area is 115 Å². The molecule has 0 amide bonds. The number of hydrogen-bond donors (Lipinski definition) is 0. The minimum atomic E-state index is 0.720. The molecule has 0 bridgehead atoms. The van der Waals surface area contributed by atoms with Gasteiger partial charge in [0.15, 0.2) is 0 Å². The van der Waals surface area contributed by atoms with E-state index in [0.29, 0.717) is 0 Å². The summed E-state index contributed by atoms with van der Waals surface area (Å²) in [5.41, 5.74) is 0.720. The molecule has 1 spiro atoms. The SMILES string of the molecule is CC(C)N1CCC2(CCN(C)CC2)CC1.CCC. The van der Waals surface area contributed by atoms with Gasteiger partial charge in [0.25, 0.3) is 0 Å². The molecule has 0 aliphatic carbocycles. The van der Waals surface area contributed by atoms with Crippen molar-refractivity contribution in [2.75, 3.05) is 33.2 Å². The minimum absolute atomic E-state index is 0.720. The molecule has 108 valence electrons. The maximum atomic E-state index is 2.64. The van der Waals surface area contributed by atoms with E-state index < -0.39 is 0 Å². The molecule has 0 aromatic carbocycles. The Morgan fingerprint density at radius 1 is 0.889 bits per heavy atom. The summed E-state index contributed by atoms with van der Waals surface area (Å²) in [4.78, 5) is 5.13. The second-order valence-corrected chi connectivity index (χ2v) is 6.64. The van der Waals surface area contributed by atoms with Crippen molar-refractivity contribution in [1.82, 2.24) is 9.80 Å². The van der Waals surface area contributed by atoms with E-state index in [2.05, 4.69) is 44.5 Å². The van der Waals surface area contributed by atoms with Crippen molar-refractivity contribution in [2.24, 2.45) is 5.41 Å². The zero-order valence-electron chi connectivity index (χ0n) is 13.3. The van der Waals surface area contributed by atoms with Gasteiger partial charge in [-0.15, -0.1) is 0 Å². The van der Waals surface area contributed by atoms with Crippen molar-refractivity contribution in [1.29, 1.82) is 0 Å². The summed E-state index contributed by atoms with van der Waals surface area (Å²) in [6, 6.07) is 0.744. The van der Waals surface area contributed by atoms with Crippen LogP contribution in [0.4, 0.5) is 0 Å². The van der Waals surface area contributed by atoms with Crippen LogP contribution in [0.25, 0.3) is 0 Å². The molecule has 2 fully saturated rings. The molecule has 0 aromatic heterocycles. The molecule has 0 atom stereocenters. The fraction of sp³-hybridized carbons (Fsp3) is 1.00. The summed E-state index contributed by atoms with van der Waals surface area (Å²) in [5, 5.41) is 0. The number of rotatable bonds is 1. The van der Waals surface area contributed by atoms with E-state index in [1.807, 2.05) is 0 Å². The molecular weight excluding hydrogens is 220 g/mol. The predicted molar refractivity (Wildman–Crippen MR) is 81.1 cm³/mol. The average molecular weight is 254 g/mol. The molecule has 2 nitrogen and oxygen atoms in total. The van der Waals surface area contributed by atoms with E-state index in [0.717, 1.165) is 11.5 Å². The lowest BCUT2D eigenvalue weighted by Gasteiger charge is -2.47. The number of nitrogens with zero attached hydrogens (tertiary/aromatic N) is 2. The Balaban J connectivity index is 0.000000492. The van der Waals surface area contributed by atoms with Crippen LogP contribution >= 0.6 is 0 Å². The van der Waals surface area contributed by atoms with Crippen molar-refractivity contribution < 1.29 is 0 Å². The monoisotopic (exact) mass is 254 g/mol. The van der Waals surface area contributed by atoms with Gasteiger partial charge in [-0.25, -0.2) is 0 Å². The smallest absolute Gasteiger partial charge is 0.00385 e. The molecule has 0 saturated carbocycles. The number of hydrogen-bond acceptors (Lipinski definition) is 2. The predicted octanol–water partition coefficient (Wildman–Crippen LogP) is 3.62. The standard InChI is InChI=1S/C13H26N2.C3H8/c1-12(2)15-10-6-13(7-11-15)4-8-14(3)9-5-13;1-3-2/h12H,4-11H2,1-3H3;3H2,1-2H3. The van der Waals surface area contributed by atoms with Crippen LogP contribution in [0.1, 0.15) is 59.8 Å². The quantitative estimate of drug-likeness (QED) is 0.705. The van der Waals surface area contributed by atoms with Gasteiger partial charge in [-0.1, -0.05) is 20.3 Å². The third-order valence-corrected chi connectivity index (χ3v) is 4.64. The van der Waals surface area contributed by atoms with E-state index in [4.69, 9.17) is 0 Å². The number of piperidine rings is 2. The van der Waals surface area contributed by atoms with Gasteiger partial charge in [0.1, 0.15) is 0 Å². The van der Waals surface area contributed by atoms with Gasteiger partial charge in [-0.2, -0.15) is 0 Å². The molecule has 2 aliphatic rings.